The molecule has 0 fully saturated rings. The Bertz CT molecular complexity index is 167. The maximum Gasteiger partial charge on any atom is 0 e. The number of hydrogen-bond donors (Lipinski definition) is 0. The zero-order valence-corrected chi connectivity index (χ0v) is 5.98. The fourth-order valence-corrected chi connectivity index (χ4v) is 0.589. The van der Waals surface area contributed by atoms with Crippen molar-refractivity contribution in [2.75, 3.05) is 0 Å². The van der Waals surface area contributed by atoms with Crippen molar-refractivity contribution in [3.05, 3.63) is 42.5 Å². The van der Waals surface area contributed by atoms with Gasteiger partial charge < -0.3 is 0 Å². The van der Waals surface area contributed by atoms with Gasteiger partial charge in [-0.2, -0.15) is 0 Å². The molecule has 0 nitrogen and oxygen atoms in total. The van der Waals surface area contributed by atoms with E-state index in [9.17, 15) is 0 Å². The second kappa shape index (κ2) is 4.34. The van der Waals surface area contributed by atoms with E-state index in [2.05, 4.69) is 6.58 Å². The van der Waals surface area contributed by atoms with Crippen LogP contribution < -0.4 is 0 Å². The molecule has 0 spiro atoms. The fraction of sp³-hybridized carbons (Fsp3) is 0. The molecular weight excluding hydrogens is 155 g/mol. The van der Waals surface area contributed by atoms with Gasteiger partial charge in [0.05, 0.1) is 0 Å². The van der Waals surface area contributed by atoms with E-state index >= 15 is 0 Å². The third-order valence-corrected chi connectivity index (χ3v) is 1.04. The van der Waals surface area contributed by atoms with E-state index in [-0.39, 0.29) is 16.5 Å². The summed E-state index contributed by atoms with van der Waals surface area (Å²) in [5.74, 6) is 0. The molecule has 0 aliphatic carbocycles. The molecule has 1 aromatic carbocycles. The van der Waals surface area contributed by atoms with Crippen LogP contribution >= 0.6 is 0 Å². The van der Waals surface area contributed by atoms with Gasteiger partial charge in [-0.3, -0.25) is 0 Å². The van der Waals surface area contributed by atoms with Gasteiger partial charge in [0.1, 0.15) is 0 Å². The fourth-order valence-electron chi connectivity index (χ4n) is 0.589. The first-order chi connectivity index (χ1) is 3.93. The Morgan fingerprint density at radius 2 is 1.67 bits per heavy atom. The monoisotopic (exact) mass is 162 g/mol. The van der Waals surface area contributed by atoms with Crippen LogP contribution in [0.3, 0.4) is 0 Å². The Hall–Kier alpha value is -0.546. The Kier molecular flexibility index (Phi) is 4.08. The smallest absolute Gasteiger partial charge is 0 e. The van der Waals surface area contributed by atoms with Crippen LogP contribution in [0.25, 0.3) is 6.08 Å². The first kappa shape index (κ1) is 8.45. The van der Waals surface area contributed by atoms with E-state index in [1.54, 1.807) is 0 Å². The second-order valence-corrected chi connectivity index (χ2v) is 1.61. The van der Waals surface area contributed by atoms with Crippen LogP contribution in [0.4, 0.5) is 0 Å². The maximum atomic E-state index is 3.63. The molecule has 0 saturated heterocycles. The average Bonchev–Trinajstić information content (AvgIpc) is 1.90. The summed E-state index contributed by atoms with van der Waals surface area (Å²) < 4.78 is 0. The molecule has 1 rings (SSSR count). The summed E-state index contributed by atoms with van der Waals surface area (Å²) in [7, 11) is 0. The second-order valence-electron chi connectivity index (χ2n) is 1.61. The first-order valence-corrected chi connectivity index (χ1v) is 2.61. The van der Waals surface area contributed by atoms with Crippen molar-refractivity contribution in [3.8, 4) is 0 Å². The van der Waals surface area contributed by atoms with Crippen LogP contribution in [0.5, 0.6) is 0 Å². The molecule has 0 atom stereocenters. The SMILES string of the molecule is C=Cc1ccccc1.[Ni]. The molecule has 0 aromatic heterocycles. The van der Waals surface area contributed by atoms with Crippen LogP contribution in [-0.2, 0) is 16.5 Å². The minimum absolute atomic E-state index is 0. The van der Waals surface area contributed by atoms with Gasteiger partial charge in [-0.25, -0.2) is 0 Å². The van der Waals surface area contributed by atoms with E-state index < -0.39 is 0 Å². The van der Waals surface area contributed by atoms with Crippen LogP contribution in [-0.4, -0.2) is 0 Å². The predicted octanol–water partition coefficient (Wildman–Crippen LogP) is 2.33. The van der Waals surface area contributed by atoms with Gasteiger partial charge >= 0.3 is 0 Å². The van der Waals surface area contributed by atoms with Gasteiger partial charge in [0.2, 0.25) is 0 Å². The first-order valence-electron chi connectivity index (χ1n) is 2.61. The van der Waals surface area contributed by atoms with Crippen molar-refractivity contribution in [2.24, 2.45) is 0 Å². The van der Waals surface area contributed by atoms with Gasteiger partial charge in [-0.05, 0) is 5.56 Å². The van der Waals surface area contributed by atoms with Crippen LogP contribution in [0, 0.1) is 0 Å². The van der Waals surface area contributed by atoms with E-state index in [0.29, 0.717) is 0 Å². The van der Waals surface area contributed by atoms with Gasteiger partial charge in [-0.15, -0.1) is 0 Å². The molecule has 0 heterocycles. The normalized spacial score (nSPS) is 7.56. The molecule has 0 saturated carbocycles. The summed E-state index contributed by atoms with van der Waals surface area (Å²) in [4.78, 5) is 0. The molecule has 0 aliphatic heterocycles. The number of benzene rings is 1. The summed E-state index contributed by atoms with van der Waals surface area (Å²) in [6.45, 7) is 3.63. The van der Waals surface area contributed by atoms with Gasteiger partial charge in [0.15, 0.2) is 0 Å². The largest absolute Gasteiger partial charge is 0.0985 e. The van der Waals surface area contributed by atoms with Crippen molar-refractivity contribution >= 4 is 6.08 Å². The van der Waals surface area contributed by atoms with E-state index in [1.807, 2.05) is 36.4 Å². The summed E-state index contributed by atoms with van der Waals surface area (Å²) in [5, 5.41) is 0. The zero-order valence-electron chi connectivity index (χ0n) is 4.99. The topological polar surface area (TPSA) is 0 Å². The molecule has 0 unspecified atom stereocenters. The van der Waals surface area contributed by atoms with E-state index in [4.69, 9.17) is 0 Å². The van der Waals surface area contributed by atoms with Crippen LogP contribution in [0.15, 0.2) is 36.9 Å². The minimum atomic E-state index is 0. The van der Waals surface area contributed by atoms with Crippen LogP contribution in [0.2, 0.25) is 0 Å². The van der Waals surface area contributed by atoms with Crippen LogP contribution in [0.1, 0.15) is 5.56 Å². The molecule has 0 radical (unpaired) electrons. The average molecular weight is 163 g/mol. The number of rotatable bonds is 1. The third kappa shape index (κ3) is 2.48. The van der Waals surface area contributed by atoms with Crippen molar-refractivity contribution < 1.29 is 16.5 Å². The zero-order chi connectivity index (χ0) is 5.82. The third-order valence-electron chi connectivity index (χ3n) is 1.04. The van der Waals surface area contributed by atoms with E-state index in [0.717, 1.165) is 0 Å². The summed E-state index contributed by atoms with van der Waals surface area (Å²) >= 11 is 0. The Morgan fingerprint density at radius 3 is 2.00 bits per heavy atom. The van der Waals surface area contributed by atoms with Crippen molar-refractivity contribution in [2.45, 2.75) is 0 Å². The Balaban J connectivity index is 0.000000640. The van der Waals surface area contributed by atoms with Crippen molar-refractivity contribution in [1.29, 1.82) is 0 Å². The molecule has 0 aliphatic rings. The van der Waals surface area contributed by atoms with Gasteiger partial charge in [0, 0.05) is 16.5 Å². The summed E-state index contributed by atoms with van der Waals surface area (Å²) in [6.07, 6.45) is 1.83. The molecular formula is C8H8Ni. The van der Waals surface area contributed by atoms with Crippen molar-refractivity contribution in [3.63, 3.8) is 0 Å². The van der Waals surface area contributed by atoms with E-state index in [1.165, 1.54) is 5.56 Å². The molecule has 0 amide bonds. The molecule has 1 aromatic rings. The van der Waals surface area contributed by atoms with Gasteiger partial charge in [0.25, 0.3) is 0 Å². The molecule has 0 N–H and O–H groups in total. The quantitative estimate of drug-likeness (QED) is 0.557. The minimum Gasteiger partial charge on any atom is -0.0985 e. The predicted molar refractivity (Wildman–Crippen MR) is 36.5 cm³/mol. The molecule has 50 valence electrons. The maximum absolute atomic E-state index is 3.63. The Morgan fingerprint density at radius 1 is 1.11 bits per heavy atom. The Labute approximate surface area is 65.5 Å². The van der Waals surface area contributed by atoms with Crippen molar-refractivity contribution in [1.82, 2.24) is 0 Å². The van der Waals surface area contributed by atoms with Gasteiger partial charge in [-0.1, -0.05) is 43.0 Å². The molecule has 9 heavy (non-hydrogen) atoms. The summed E-state index contributed by atoms with van der Waals surface area (Å²) in [5.41, 5.74) is 1.17. The molecule has 1 heteroatoms. The summed E-state index contributed by atoms with van der Waals surface area (Å²) in [6, 6.07) is 10.0. The molecule has 0 bridgehead atoms. The number of hydrogen-bond acceptors (Lipinski definition) is 0. The standard InChI is InChI=1S/C8H8.Ni/c1-2-8-6-4-3-5-7-8;/h2-7H,1H2;.